The molecule has 1 aliphatic heterocycles. The van der Waals surface area contributed by atoms with Crippen LogP contribution in [0.5, 0.6) is 0 Å². The molecule has 2 aliphatic rings. The minimum atomic E-state index is -0.226. The van der Waals surface area contributed by atoms with Gasteiger partial charge in [0.05, 0.1) is 24.6 Å². The highest BCUT2D eigenvalue weighted by molar-refractivity contribution is 6.07. The average molecular weight is 493 g/mol. The molecule has 37 heavy (non-hydrogen) atoms. The molecule has 2 N–H and O–H groups in total. The molecule has 2 amide bonds. The molecular formula is C31H32N4O2. The highest BCUT2D eigenvalue weighted by atomic mass is 16.5. The molecule has 1 saturated heterocycles. The molecule has 4 aromatic rings. The van der Waals surface area contributed by atoms with Gasteiger partial charge in [0.25, 0.3) is 0 Å². The second-order valence-corrected chi connectivity index (χ2v) is 10.3. The molecule has 1 aliphatic carbocycles. The van der Waals surface area contributed by atoms with E-state index in [1.54, 1.807) is 0 Å². The zero-order valence-corrected chi connectivity index (χ0v) is 21.1. The molecule has 0 radical (unpaired) electrons. The first-order chi connectivity index (χ1) is 18.1. The van der Waals surface area contributed by atoms with Gasteiger partial charge in [0.15, 0.2) is 0 Å². The lowest BCUT2D eigenvalue weighted by molar-refractivity contribution is 0.0336. The molecule has 1 aromatic heterocycles. The Morgan fingerprint density at radius 2 is 1.73 bits per heavy atom. The highest BCUT2D eigenvalue weighted by Crippen LogP contribution is 2.51. The third kappa shape index (κ3) is 5.08. The molecule has 6 heteroatoms. The Hall–Kier alpha value is -3.74. The van der Waals surface area contributed by atoms with Crippen LogP contribution < -0.4 is 10.6 Å². The van der Waals surface area contributed by atoms with Crippen molar-refractivity contribution in [1.29, 1.82) is 0 Å². The average Bonchev–Trinajstić information content (AvgIpc) is 3.60. The number of anilines is 1. The van der Waals surface area contributed by atoms with Crippen molar-refractivity contribution in [2.45, 2.75) is 31.3 Å². The largest absolute Gasteiger partial charge is 0.379 e. The number of nitrogens with one attached hydrogen (secondary N) is 2. The maximum absolute atomic E-state index is 13.0. The van der Waals surface area contributed by atoms with Gasteiger partial charge in [0.2, 0.25) is 0 Å². The van der Waals surface area contributed by atoms with Crippen LogP contribution in [0.2, 0.25) is 0 Å². The van der Waals surface area contributed by atoms with Crippen molar-refractivity contribution in [2.24, 2.45) is 0 Å². The smallest absolute Gasteiger partial charge is 0.319 e. The number of rotatable bonds is 6. The number of morpholine rings is 1. The number of benzene rings is 3. The quantitative estimate of drug-likeness (QED) is 0.357. The summed E-state index contributed by atoms with van der Waals surface area (Å²) in [6.45, 7) is 6.42. The third-order valence-corrected chi connectivity index (χ3v) is 7.64. The monoisotopic (exact) mass is 492 g/mol. The van der Waals surface area contributed by atoms with Gasteiger partial charge in [-0.3, -0.25) is 9.88 Å². The van der Waals surface area contributed by atoms with Crippen molar-refractivity contribution in [3.8, 4) is 11.1 Å². The maximum atomic E-state index is 13.0. The van der Waals surface area contributed by atoms with Gasteiger partial charge in [0.1, 0.15) is 0 Å². The van der Waals surface area contributed by atoms with Gasteiger partial charge in [-0.15, -0.1) is 0 Å². The first-order valence-electron chi connectivity index (χ1n) is 13.0. The van der Waals surface area contributed by atoms with Crippen LogP contribution in [-0.2, 0) is 11.3 Å². The minimum Gasteiger partial charge on any atom is -0.379 e. The summed E-state index contributed by atoms with van der Waals surface area (Å²) in [6.07, 6.45) is 2.90. The summed E-state index contributed by atoms with van der Waals surface area (Å²) >= 11 is 0. The SMILES string of the molecule is CC1(NC(=O)Nc2ccc(-c3ccc(CN4CCOCC4)nc3)c3ccccc23)CC1c1ccccc1. The van der Waals surface area contributed by atoms with Crippen LogP contribution in [0, 0.1) is 0 Å². The molecule has 2 unspecified atom stereocenters. The Balaban J connectivity index is 1.18. The van der Waals surface area contributed by atoms with E-state index in [4.69, 9.17) is 9.72 Å². The molecule has 0 bridgehead atoms. The molecule has 6 nitrogen and oxygen atoms in total. The molecule has 2 heterocycles. The van der Waals surface area contributed by atoms with Crippen molar-refractivity contribution >= 4 is 22.5 Å². The predicted molar refractivity (Wildman–Crippen MR) is 148 cm³/mol. The second kappa shape index (κ2) is 9.96. The molecule has 0 spiro atoms. The van der Waals surface area contributed by atoms with Crippen LogP contribution in [0.25, 0.3) is 21.9 Å². The Kier molecular flexibility index (Phi) is 6.37. The van der Waals surface area contributed by atoms with E-state index in [-0.39, 0.29) is 11.6 Å². The lowest BCUT2D eigenvalue weighted by Gasteiger charge is -2.26. The van der Waals surface area contributed by atoms with Crippen molar-refractivity contribution in [3.63, 3.8) is 0 Å². The van der Waals surface area contributed by atoms with E-state index < -0.39 is 0 Å². The Morgan fingerprint density at radius 3 is 2.49 bits per heavy atom. The van der Waals surface area contributed by atoms with Crippen molar-refractivity contribution in [3.05, 3.63) is 96.3 Å². The number of ether oxygens (including phenoxy) is 1. The number of carbonyl (C=O) groups is 1. The number of urea groups is 1. The van der Waals surface area contributed by atoms with Crippen LogP contribution in [-0.4, -0.2) is 47.8 Å². The van der Waals surface area contributed by atoms with Crippen molar-refractivity contribution in [1.82, 2.24) is 15.2 Å². The second-order valence-electron chi connectivity index (χ2n) is 10.3. The molecule has 1 saturated carbocycles. The summed E-state index contributed by atoms with van der Waals surface area (Å²) in [6, 6.07) is 26.7. The number of amides is 2. The number of hydrogen-bond acceptors (Lipinski definition) is 4. The van der Waals surface area contributed by atoms with Crippen LogP contribution >= 0.6 is 0 Å². The standard InChI is InChI=1S/C31H32N4O2/c1-31(19-28(31)22-7-3-2-4-8-22)34-30(36)33-29-14-13-25(26-9-5-6-10-27(26)29)23-11-12-24(32-20-23)21-35-15-17-37-18-16-35/h2-14,20,28H,15-19,21H2,1H3,(H2,33,34,36). The van der Waals surface area contributed by atoms with E-state index in [0.29, 0.717) is 5.92 Å². The van der Waals surface area contributed by atoms with Crippen molar-refractivity contribution < 1.29 is 9.53 Å². The molecule has 188 valence electrons. The van der Waals surface area contributed by atoms with Gasteiger partial charge in [0, 0.05) is 48.2 Å². The van der Waals surface area contributed by atoms with Gasteiger partial charge in [-0.05, 0) is 42.0 Å². The number of hydrogen-bond donors (Lipinski definition) is 2. The molecular weight excluding hydrogens is 460 g/mol. The highest BCUT2D eigenvalue weighted by Gasteiger charge is 2.51. The summed E-state index contributed by atoms with van der Waals surface area (Å²) in [5, 5.41) is 8.40. The van der Waals surface area contributed by atoms with Gasteiger partial charge < -0.3 is 15.4 Å². The molecule has 6 rings (SSSR count). The number of carbonyl (C=O) groups excluding carboxylic acids is 1. The normalized spacial score (nSPS) is 21.5. The van der Waals surface area contributed by atoms with Gasteiger partial charge >= 0.3 is 6.03 Å². The summed E-state index contributed by atoms with van der Waals surface area (Å²) in [4.78, 5) is 20.1. The maximum Gasteiger partial charge on any atom is 0.319 e. The fourth-order valence-corrected chi connectivity index (χ4v) is 5.41. The van der Waals surface area contributed by atoms with Gasteiger partial charge in [-0.2, -0.15) is 0 Å². The Morgan fingerprint density at radius 1 is 0.973 bits per heavy atom. The summed E-state index contributed by atoms with van der Waals surface area (Å²) < 4.78 is 5.45. The fraction of sp³-hybridized carbons (Fsp3) is 0.290. The Labute approximate surface area is 217 Å². The van der Waals surface area contributed by atoms with Crippen LogP contribution in [0.3, 0.4) is 0 Å². The van der Waals surface area contributed by atoms with E-state index in [1.165, 1.54) is 5.56 Å². The topological polar surface area (TPSA) is 66.5 Å². The van der Waals surface area contributed by atoms with Gasteiger partial charge in [-0.25, -0.2) is 4.79 Å². The van der Waals surface area contributed by atoms with E-state index >= 15 is 0 Å². The molecule has 2 fully saturated rings. The first-order valence-corrected chi connectivity index (χ1v) is 13.0. The van der Waals surface area contributed by atoms with Gasteiger partial charge in [-0.1, -0.05) is 66.7 Å². The zero-order valence-electron chi connectivity index (χ0n) is 21.1. The minimum absolute atomic E-state index is 0.173. The number of fused-ring (bicyclic) bond motifs is 1. The van der Waals surface area contributed by atoms with E-state index in [0.717, 1.165) is 72.5 Å². The Bertz CT molecular complexity index is 1400. The molecule has 2 atom stereocenters. The lowest BCUT2D eigenvalue weighted by Crippen LogP contribution is -2.38. The number of nitrogens with zero attached hydrogens (tertiary/aromatic N) is 2. The van der Waals surface area contributed by atoms with Crippen LogP contribution in [0.1, 0.15) is 30.5 Å². The van der Waals surface area contributed by atoms with Crippen LogP contribution in [0.4, 0.5) is 10.5 Å². The number of pyridine rings is 1. The van der Waals surface area contributed by atoms with E-state index in [1.807, 2.05) is 30.5 Å². The third-order valence-electron chi connectivity index (χ3n) is 7.64. The zero-order chi connectivity index (χ0) is 25.2. The van der Waals surface area contributed by atoms with Crippen LogP contribution in [0.15, 0.2) is 85.1 Å². The molecule has 3 aromatic carbocycles. The summed E-state index contributed by atoms with van der Waals surface area (Å²) in [7, 11) is 0. The number of aromatic nitrogens is 1. The fourth-order valence-electron chi connectivity index (χ4n) is 5.41. The summed E-state index contributed by atoms with van der Waals surface area (Å²) in [5.74, 6) is 0.345. The van der Waals surface area contributed by atoms with Crippen molar-refractivity contribution in [2.75, 3.05) is 31.6 Å². The van der Waals surface area contributed by atoms with E-state index in [2.05, 4.69) is 77.1 Å². The lowest BCUT2D eigenvalue weighted by atomic mass is 9.98. The predicted octanol–water partition coefficient (Wildman–Crippen LogP) is 5.80. The summed E-state index contributed by atoms with van der Waals surface area (Å²) in [5.41, 5.74) is 5.07. The van der Waals surface area contributed by atoms with E-state index in [9.17, 15) is 4.79 Å². The first kappa shape index (κ1) is 23.6.